The first kappa shape index (κ1) is 26.7. The van der Waals surface area contributed by atoms with Gasteiger partial charge in [0.05, 0.1) is 35.9 Å². The Morgan fingerprint density at radius 1 is 1.00 bits per heavy atom. The van der Waals surface area contributed by atoms with Crippen molar-refractivity contribution in [3.8, 4) is 39.7 Å². The van der Waals surface area contributed by atoms with Crippen molar-refractivity contribution in [1.29, 1.82) is 0 Å². The average Bonchev–Trinajstić information content (AvgIpc) is 3.59. The Hall–Kier alpha value is -3.46. The first-order valence-electron chi connectivity index (χ1n) is 13.6. The van der Waals surface area contributed by atoms with E-state index in [0.29, 0.717) is 34.7 Å². The molecule has 40 heavy (non-hydrogen) atoms. The maximum absolute atomic E-state index is 11.5. The standard InChI is InChI=1S/C30H30Cl2N6O2/c1-40-30-18(5-2-6-19-12-14-26(39)34-19)11-13-24(35-30)22-9-3-7-20(27(22)31)21-8-4-10-23(28(21)32)29-36-25-17-33-15-16-38(25)37-29/h3-4,7-11,13,19,33H,2,5-6,12,14-17H2,1H3,(H,34,39)/t19-/m1/s1. The van der Waals surface area contributed by atoms with Gasteiger partial charge < -0.3 is 15.4 Å². The van der Waals surface area contributed by atoms with E-state index in [2.05, 4.69) is 15.7 Å². The van der Waals surface area contributed by atoms with Crippen molar-refractivity contribution in [1.82, 2.24) is 30.4 Å². The number of methoxy groups -OCH3 is 1. The van der Waals surface area contributed by atoms with Crippen LogP contribution < -0.4 is 15.4 Å². The number of carbonyl (C=O) groups excluding carboxylic acids is 1. The summed E-state index contributed by atoms with van der Waals surface area (Å²) in [6.45, 7) is 2.33. The molecule has 1 atom stereocenters. The van der Waals surface area contributed by atoms with E-state index < -0.39 is 0 Å². The van der Waals surface area contributed by atoms with E-state index in [1.807, 2.05) is 53.2 Å². The first-order chi connectivity index (χ1) is 19.5. The van der Waals surface area contributed by atoms with Crippen LogP contribution in [0.1, 0.15) is 37.1 Å². The molecule has 1 saturated heterocycles. The zero-order chi connectivity index (χ0) is 27.6. The lowest BCUT2D eigenvalue weighted by molar-refractivity contribution is -0.119. The molecule has 4 heterocycles. The maximum atomic E-state index is 11.5. The van der Waals surface area contributed by atoms with Crippen LogP contribution in [0, 0.1) is 0 Å². The quantitative estimate of drug-likeness (QED) is 0.279. The average molecular weight is 578 g/mol. The van der Waals surface area contributed by atoms with Crippen molar-refractivity contribution in [2.45, 2.75) is 51.2 Å². The highest BCUT2D eigenvalue weighted by molar-refractivity contribution is 6.39. The fourth-order valence-corrected chi connectivity index (χ4v) is 6.09. The molecule has 0 bridgehead atoms. The Morgan fingerprint density at radius 3 is 2.48 bits per heavy atom. The van der Waals surface area contributed by atoms with E-state index in [9.17, 15) is 4.79 Å². The van der Waals surface area contributed by atoms with Gasteiger partial charge in [-0.15, -0.1) is 0 Å². The molecule has 0 spiro atoms. The van der Waals surface area contributed by atoms with E-state index in [1.165, 1.54) is 0 Å². The lowest BCUT2D eigenvalue weighted by Crippen LogP contribution is -2.28. The predicted octanol–water partition coefficient (Wildman–Crippen LogP) is 5.69. The Kier molecular flexibility index (Phi) is 7.74. The minimum Gasteiger partial charge on any atom is -0.481 e. The molecule has 0 radical (unpaired) electrons. The number of amides is 1. The van der Waals surface area contributed by atoms with Crippen LogP contribution in [-0.2, 0) is 24.3 Å². The second-order valence-electron chi connectivity index (χ2n) is 10.1. The van der Waals surface area contributed by atoms with E-state index in [4.69, 9.17) is 37.9 Å². The van der Waals surface area contributed by atoms with Gasteiger partial charge in [-0.2, -0.15) is 5.10 Å². The number of benzene rings is 2. The van der Waals surface area contributed by atoms with Gasteiger partial charge in [0.15, 0.2) is 5.82 Å². The maximum Gasteiger partial charge on any atom is 0.220 e. The molecule has 0 saturated carbocycles. The highest BCUT2D eigenvalue weighted by Gasteiger charge is 2.22. The highest BCUT2D eigenvalue weighted by atomic mass is 35.5. The van der Waals surface area contributed by atoms with Crippen molar-refractivity contribution in [3.05, 3.63) is 70.0 Å². The molecule has 8 nitrogen and oxygen atoms in total. The number of fused-ring (bicyclic) bond motifs is 1. The zero-order valence-electron chi connectivity index (χ0n) is 22.2. The van der Waals surface area contributed by atoms with Crippen LogP contribution >= 0.6 is 23.2 Å². The summed E-state index contributed by atoms with van der Waals surface area (Å²) in [7, 11) is 1.63. The summed E-state index contributed by atoms with van der Waals surface area (Å²) < 4.78 is 7.58. The van der Waals surface area contributed by atoms with E-state index in [1.54, 1.807) is 7.11 Å². The fraction of sp³-hybridized carbons (Fsp3) is 0.333. The summed E-state index contributed by atoms with van der Waals surface area (Å²) in [5, 5.41) is 12.1. The Labute approximate surface area is 243 Å². The first-order valence-corrected chi connectivity index (χ1v) is 14.3. The lowest BCUT2D eigenvalue weighted by Gasteiger charge is -2.15. The third-order valence-corrected chi connectivity index (χ3v) is 8.37. The van der Waals surface area contributed by atoms with Crippen LogP contribution in [-0.4, -0.2) is 45.4 Å². The normalized spacial score (nSPS) is 16.6. The number of pyridine rings is 1. The molecule has 2 aliphatic rings. The van der Waals surface area contributed by atoms with Gasteiger partial charge in [0.2, 0.25) is 11.8 Å². The molecule has 206 valence electrons. The number of aryl methyl sites for hydroxylation is 1. The summed E-state index contributed by atoms with van der Waals surface area (Å²) in [4.78, 5) is 21.0. The van der Waals surface area contributed by atoms with Gasteiger partial charge in [0, 0.05) is 46.8 Å². The molecule has 2 N–H and O–H groups in total. The lowest BCUT2D eigenvalue weighted by atomic mass is 9.98. The predicted molar refractivity (Wildman–Crippen MR) is 157 cm³/mol. The van der Waals surface area contributed by atoms with Gasteiger partial charge >= 0.3 is 0 Å². The molecule has 6 rings (SSSR count). The van der Waals surface area contributed by atoms with Crippen molar-refractivity contribution in [2.75, 3.05) is 13.7 Å². The minimum atomic E-state index is 0.148. The van der Waals surface area contributed by atoms with Crippen molar-refractivity contribution >= 4 is 29.1 Å². The molecular formula is C30H30Cl2N6O2. The Morgan fingerprint density at radius 2 is 1.75 bits per heavy atom. The van der Waals surface area contributed by atoms with Gasteiger partial charge in [-0.25, -0.2) is 14.6 Å². The van der Waals surface area contributed by atoms with Gasteiger partial charge in [-0.05, 0) is 37.8 Å². The van der Waals surface area contributed by atoms with Crippen LogP contribution in [0.25, 0.3) is 33.8 Å². The molecule has 0 unspecified atom stereocenters. The number of ether oxygens (including phenoxy) is 1. The number of hydrogen-bond donors (Lipinski definition) is 2. The molecule has 0 aliphatic carbocycles. The van der Waals surface area contributed by atoms with Crippen molar-refractivity contribution < 1.29 is 9.53 Å². The van der Waals surface area contributed by atoms with Crippen molar-refractivity contribution in [3.63, 3.8) is 0 Å². The summed E-state index contributed by atoms with van der Waals surface area (Å²) in [6, 6.07) is 16.0. The number of halogens is 2. The monoisotopic (exact) mass is 576 g/mol. The number of hydrogen-bond acceptors (Lipinski definition) is 6. The third kappa shape index (κ3) is 5.31. The largest absolute Gasteiger partial charge is 0.481 e. The second-order valence-corrected chi connectivity index (χ2v) is 10.9. The Balaban J connectivity index is 1.27. The Bertz CT molecular complexity index is 1550. The molecule has 2 aromatic heterocycles. The molecule has 10 heteroatoms. The van der Waals surface area contributed by atoms with Crippen LogP contribution in [0.15, 0.2) is 48.5 Å². The van der Waals surface area contributed by atoms with Crippen LogP contribution in [0.4, 0.5) is 0 Å². The highest BCUT2D eigenvalue weighted by Crippen LogP contribution is 2.42. The second kappa shape index (κ2) is 11.6. The molecule has 4 aromatic rings. The minimum absolute atomic E-state index is 0.148. The molecule has 1 fully saturated rings. The number of rotatable bonds is 8. The van der Waals surface area contributed by atoms with Gasteiger partial charge in [0.25, 0.3) is 0 Å². The smallest absolute Gasteiger partial charge is 0.220 e. The molecule has 2 aromatic carbocycles. The zero-order valence-corrected chi connectivity index (χ0v) is 23.7. The van der Waals surface area contributed by atoms with Crippen LogP contribution in [0.5, 0.6) is 5.88 Å². The van der Waals surface area contributed by atoms with E-state index in [-0.39, 0.29) is 11.9 Å². The van der Waals surface area contributed by atoms with Gasteiger partial charge in [0.1, 0.15) is 5.82 Å². The number of nitrogens with one attached hydrogen (secondary N) is 2. The topological polar surface area (TPSA) is 94.0 Å². The van der Waals surface area contributed by atoms with Crippen LogP contribution in [0.2, 0.25) is 10.0 Å². The van der Waals surface area contributed by atoms with Crippen LogP contribution in [0.3, 0.4) is 0 Å². The fourth-order valence-electron chi connectivity index (χ4n) is 5.45. The third-order valence-electron chi connectivity index (χ3n) is 7.55. The van der Waals surface area contributed by atoms with Crippen molar-refractivity contribution in [2.24, 2.45) is 0 Å². The summed E-state index contributed by atoms with van der Waals surface area (Å²) in [5.74, 6) is 2.24. The molecule has 2 aliphatic heterocycles. The van der Waals surface area contributed by atoms with Gasteiger partial charge in [-0.1, -0.05) is 59.6 Å². The molecule has 1 amide bonds. The SMILES string of the molecule is COc1nc(-c2cccc(-c3cccc(-c4nc5n(n4)CCNC5)c3Cl)c2Cl)ccc1CCC[C@@H]1CCC(=O)N1. The number of carbonyl (C=O) groups is 1. The number of nitrogens with zero attached hydrogens (tertiary/aromatic N) is 4. The summed E-state index contributed by atoms with van der Waals surface area (Å²) >= 11 is 14.0. The van der Waals surface area contributed by atoms with E-state index in [0.717, 1.165) is 78.1 Å². The van der Waals surface area contributed by atoms with Gasteiger partial charge in [-0.3, -0.25) is 4.79 Å². The summed E-state index contributed by atoms with van der Waals surface area (Å²) in [6.07, 6.45) is 4.24. The molecular weight excluding hydrogens is 547 g/mol. The van der Waals surface area contributed by atoms with E-state index >= 15 is 0 Å². The number of aromatic nitrogens is 4. The summed E-state index contributed by atoms with van der Waals surface area (Å²) in [5.41, 5.74) is 4.92.